The van der Waals surface area contributed by atoms with E-state index in [1.807, 2.05) is 6.92 Å². The van der Waals surface area contributed by atoms with Crippen molar-refractivity contribution in [1.82, 2.24) is 5.32 Å². The monoisotopic (exact) mass is 250 g/mol. The molecule has 0 spiro atoms. The molecule has 3 atom stereocenters. The molecule has 3 unspecified atom stereocenters. The Kier molecular flexibility index (Phi) is 7.72. The van der Waals surface area contributed by atoms with Crippen LogP contribution in [0.3, 0.4) is 0 Å². The second-order valence-electron chi connectivity index (χ2n) is 4.46. The van der Waals surface area contributed by atoms with E-state index in [0.717, 1.165) is 32.1 Å². The van der Waals surface area contributed by atoms with Crippen LogP contribution < -0.4 is 11.1 Å². The highest BCUT2D eigenvalue weighted by atomic mass is 35.5. The molecule has 16 heavy (non-hydrogen) atoms. The van der Waals surface area contributed by atoms with E-state index in [-0.39, 0.29) is 30.3 Å². The Morgan fingerprint density at radius 2 is 2.25 bits per heavy atom. The molecule has 1 amide bonds. The minimum Gasteiger partial charge on any atom is -0.391 e. The first-order chi connectivity index (χ1) is 7.13. The van der Waals surface area contributed by atoms with E-state index in [1.54, 1.807) is 0 Å². The lowest BCUT2D eigenvalue weighted by atomic mass is 10.1. The van der Waals surface area contributed by atoms with E-state index in [2.05, 4.69) is 5.32 Å². The molecule has 96 valence electrons. The lowest BCUT2D eigenvalue weighted by Gasteiger charge is -2.13. The number of halogens is 1. The van der Waals surface area contributed by atoms with E-state index in [9.17, 15) is 9.90 Å². The van der Waals surface area contributed by atoms with Crippen LogP contribution in [0, 0.1) is 5.92 Å². The van der Waals surface area contributed by atoms with Gasteiger partial charge in [-0.3, -0.25) is 4.79 Å². The van der Waals surface area contributed by atoms with E-state index in [0.29, 0.717) is 6.54 Å². The van der Waals surface area contributed by atoms with Gasteiger partial charge in [-0.15, -0.1) is 12.4 Å². The standard InChI is InChI=1S/C11H22N2O2.ClH/c1-2-3-10(14)7-13-11(15)8-4-5-9(12)6-8;/h8-10,14H,2-7,12H2,1H3,(H,13,15);1H. The number of nitrogens with one attached hydrogen (secondary N) is 1. The average molecular weight is 251 g/mol. The van der Waals surface area contributed by atoms with Gasteiger partial charge >= 0.3 is 0 Å². The van der Waals surface area contributed by atoms with Crippen molar-refractivity contribution in [2.45, 2.75) is 51.2 Å². The quantitative estimate of drug-likeness (QED) is 0.676. The molecule has 1 saturated carbocycles. The van der Waals surface area contributed by atoms with Crippen molar-refractivity contribution in [3.63, 3.8) is 0 Å². The molecule has 0 saturated heterocycles. The van der Waals surface area contributed by atoms with Crippen LogP contribution >= 0.6 is 12.4 Å². The molecular formula is C11H23ClN2O2. The fourth-order valence-corrected chi connectivity index (χ4v) is 2.05. The third-order valence-corrected chi connectivity index (χ3v) is 2.98. The van der Waals surface area contributed by atoms with Crippen LogP contribution in [0.1, 0.15) is 39.0 Å². The van der Waals surface area contributed by atoms with Gasteiger partial charge in [0, 0.05) is 18.5 Å². The Bertz CT molecular complexity index is 214. The number of carbonyl (C=O) groups excluding carboxylic acids is 1. The largest absolute Gasteiger partial charge is 0.391 e. The first kappa shape index (κ1) is 15.7. The highest BCUT2D eigenvalue weighted by Crippen LogP contribution is 2.23. The van der Waals surface area contributed by atoms with E-state index in [4.69, 9.17) is 5.73 Å². The van der Waals surface area contributed by atoms with Gasteiger partial charge in [-0.05, 0) is 25.7 Å². The normalized spacial score (nSPS) is 25.9. The molecule has 0 aliphatic heterocycles. The summed E-state index contributed by atoms with van der Waals surface area (Å²) in [6.45, 7) is 2.39. The van der Waals surface area contributed by atoms with Gasteiger partial charge in [0.25, 0.3) is 0 Å². The Balaban J connectivity index is 0.00000225. The number of rotatable bonds is 5. The molecule has 5 heteroatoms. The molecule has 4 nitrogen and oxygen atoms in total. The van der Waals surface area contributed by atoms with E-state index >= 15 is 0 Å². The maximum absolute atomic E-state index is 11.6. The molecular weight excluding hydrogens is 228 g/mol. The number of hydrogen-bond donors (Lipinski definition) is 3. The van der Waals surface area contributed by atoms with Gasteiger partial charge in [0.15, 0.2) is 0 Å². The van der Waals surface area contributed by atoms with Gasteiger partial charge in [0.2, 0.25) is 5.91 Å². The van der Waals surface area contributed by atoms with Crippen LogP contribution in [0.2, 0.25) is 0 Å². The summed E-state index contributed by atoms with van der Waals surface area (Å²) in [5, 5.41) is 12.2. The van der Waals surface area contributed by atoms with Crippen molar-refractivity contribution in [3.05, 3.63) is 0 Å². The molecule has 1 aliphatic carbocycles. The summed E-state index contributed by atoms with van der Waals surface area (Å²) in [4.78, 5) is 11.6. The number of carbonyl (C=O) groups is 1. The van der Waals surface area contributed by atoms with Crippen LogP contribution in [0.15, 0.2) is 0 Å². The summed E-state index contributed by atoms with van der Waals surface area (Å²) in [6, 6.07) is 0.182. The van der Waals surface area contributed by atoms with Gasteiger partial charge in [-0.1, -0.05) is 13.3 Å². The van der Waals surface area contributed by atoms with Crippen LogP contribution in [0.4, 0.5) is 0 Å². The van der Waals surface area contributed by atoms with Crippen LogP contribution in [-0.4, -0.2) is 29.7 Å². The predicted molar refractivity (Wildman–Crippen MR) is 66.5 cm³/mol. The minimum absolute atomic E-state index is 0. The number of amides is 1. The minimum atomic E-state index is -0.408. The van der Waals surface area contributed by atoms with Crippen molar-refractivity contribution in [1.29, 1.82) is 0 Å². The molecule has 0 aromatic heterocycles. The maximum Gasteiger partial charge on any atom is 0.223 e. The van der Waals surface area contributed by atoms with Crippen molar-refractivity contribution in [3.8, 4) is 0 Å². The Labute approximate surface area is 103 Å². The summed E-state index contributed by atoms with van der Waals surface area (Å²) >= 11 is 0. The molecule has 0 aromatic rings. The van der Waals surface area contributed by atoms with Gasteiger partial charge in [0.05, 0.1) is 6.10 Å². The van der Waals surface area contributed by atoms with Crippen molar-refractivity contribution < 1.29 is 9.90 Å². The first-order valence-corrected chi connectivity index (χ1v) is 5.84. The summed E-state index contributed by atoms with van der Waals surface area (Å²) in [5.74, 6) is 0.118. The fraction of sp³-hybridized carbons (Fsp3) is 0.909. The third kappa shape index (κ3) is 5.14. The van der Waals surface area contributed by atoms with Gasteiger partial charge in [-0.2, -0.15) is 0 Å². The molecule has 0 heterocycles. The molecule has 0 aromatic carbocycles. The summed E-state index contributed by atoms with van der Waals surface area (Å²) in [6.07, 6.45) is 3.88. The number of nitrogens with two attached hydrogens (primary N) is 1. The second kappa shape index (κ2) is 7.87. The van der Waals surface area contributed by atoms with Gasteiger partial charge < -0.3 is 16.2 Å². The molecule has 0 bridgehead atoms. The zero-order chi connectivity index (χ0) is 11.3. The van der Waals surface area contributed by atoms with Crippen LogP contribution in [-0.2, 0) is 4.79 Å². The van der Waals surface area contributed by atoms with Crippen molar-refractivity contribution in [2.24, 2.45) is 11.7 Å². The summed E-state index contributed by atoms with van der Waals surface area (Å²) < 4.78 is 0. The smallest absolute Gasteiger partial charge is 0.223 e. The molecule has 0 radical (unpaired) electrons. The molecule has 1 fully saturated rings. The van der Waals surface area contributed by atoms with Gasteiger partial charge in [-0.25, -0.2) is 0 Å². The number of aliphatic hydroxyl groups excluding tert-OH is 1. The highest BCUT2D eigenvalue weighted by Gasteiger charge is 2.27. The summed E-state index contributed by atoms with van der Waals surface area (Å²) in [5.41, 5.74) is 5.74. The zero-order valence-electron chi connectivity index (χ0n) is 9.82. The third-order valence-electron chi connectivity index (χ3n) is 2.98. The molecule has 1 aliphatic rings. The predicted octanol–water partition coefficient (Wildman–Crippen LogP) is 0.813. The maximum atomic E-state index is 11.6. The highest BCUT2D eigenvalue weighted by molar-refractivity contribution is 5.85. The molecule has 1 rings (SSSR count). The Morgan fingerprint density at radius 1 is 1.56 bits per heavy atom. The molecule has 4 N–H and O–H groups in total. The second-order valence-corrected chi connectivity index (χ2v) is 4.46. The Morgan fingerprint density at radius 3 is 2.75 bits per heavy atom. The van der Waals surface area contributed by atoms with E-state index < -0.39 is 6.10 Å². The SMILES string of the molecule is CCCC(O)CNC(=O)C1CCC(N)C1.Cl. The van der Waals surface area contributed by atoms with E-state index in [1.165, 1.54) is 0 Å². The first-order valence-electron chi connectivity index (χ1n) is 5.84. The van der Waals surface area contributed by atoms with Crippen molar-refractivity contribution >= 4 is 18.3 Å². The lowest BCUT2D eigenvalue weighted by Crippen LogP contribution is -2.36. The lowest BCUT2D eigenvalue weighted by molar-refractivity contribution is -0.125. The Hall–Kier alpha value is -0.320. The zero-order valence-corrected chi connectivity index (χ0v) is 10.6. The van der Waals surface area contributed by atoms with Gasteiger partial charge in [0.1, 0.15) is 0 Å². The van der Waals surface area contributed by atoms with Crippen LogP contribution in [0.5, 0.6) is 0 Å². The number of hydrogen-bond acceptors (Lipinski definition) is 3. The fourth-order valence-electron chi connectivity index (χ4n) is 2.05. The number of aliphatic hydroxyl groups is 1. The topological polar surface area (TPSA) is 75.3 Å². The summed E-state index contributed by atoms with van der Waals surface area (Å²) in [7, 11) is 0. The average Bonchev–Trinajstić information content (AvgIpc) is 2.62. The van der Waals surface area contributed by atoms with Crippen molar-refractivity contribution in [2.75, 3.05) is 6.54 Å². The van der Waals surface area contributed by atoms with Crippen LogP contribution in [0.25, 0.3) is 0 Å².